The van der Waals surface area contributed by atoms with E-state index in [2.05, 4.69) is 53.5 Å². The Bertz CT molecular complexity index is 677. The molecule has 0 atom stereocenters. The first kappa shape index (κ1) is 17.9. The Kier molecular flexibility index (Phi) is 6.75. The van der Waals surface area contributed by atoms with Gasteiger partial charge in [-0.15, -0.1) is 0 Å². The van der Waals surface area contributed by atoms with Crippen LogP contribution in [0, 0.1) is 0 Å². The van der Waals surface area contributed by atoms with Crippen molar-refractivity contribution in [2.24, 2.45) is 5.10 Å². The van der Waals surface area contributed by atoms with Crippen LogP contribution >= 0.6 is 12.2 Å². The lowest BCUT2D eigenvalue weighted by Gasteiger charge is -2.20. The van der Waals surface area contributed by atoms with Gasteiger partial charge in [-0.05, 0) is 55.8 Å². The quantitative estimate of drug-likeness (QED) is 0.472. The van der Waals surface area contributed by atoms with Gasteiger partial charge in [0.15, 0.2) is 0 Å². The average Bonchev–Trinajstić information content (AvgIpc) is 2.64. The van der Waals surface area contributed by atoms with E-state index in [-0.39, 0.29) is 0 Å². The second-order valence-corrected chi connectivity index (χ2v) is 5.60. The summed E-state index contributed by atoms with van der Waals surface area (Å²) in [7, 11) is 1.64. The molecule has 2 rings (SSSR count). The molecule has 5 heteroatoms. The smallest absolute Gasteiger partial charge is 0.126 e. The van der Waals surface area contributed by atoms with Crippen molar-refractivity contribution in [3.05, 3.63) is 59.7 Å². The van der Waals surface area contributed by atoms with Crippen LogP contribution in [0.3, 0.4) is 0 Å². The van der Waals surface area contributed by atoms with E-state index < -0.39 is 0 Å². The first-order chi connectivity index (χ1) is 11.7. The van der Waals surface area contributed by atoms with E-state index in [0.29, 0.717) is 4.99 Å². The zero-order chi connectivity index (χ0) is 17.4. The molecule has 4 nitrogen and oxygen atoms in total. The van der Waals surface area contributed by atoms with Crippen LogP contribution in [0.1, 0.15) is 25.0 Å². The van der Waals surface area contributed by atoms with Crippen molar-refractivity contribution >= 4 is 29.1 Å². The van der Waals surface area contributed by atoms with Gasteiger partial charge in [0.2, 0.25) is 0 Å². The summed E-state index contributed by atoms with van der Waals surface area (Å²) in [5, 5.41) is 4.21. The van der Waals surface area contributed by atoms with Gasteiger partial charge in [0, 0.05) is 24.3 Å². The number of anilines is 1. The van der Waals surface area contributed by atoms with Crippen molar-refractivity contribution in [2.75, 3.05) is 25.1 Å². The maximum absolute atomic E-state index is 5.33. The first-order valence-corrected chi connectivity index (χ1v) is 8.41. The van der Waals surface area contributed by atoms with Crippen molar-refractivity contribution in [1.82, 2.24) is 5.43 Å². The second kappa shape index (κ2) is 9.03. The Labute approximate surface area is 149 Å². The Balaban J connectivity index is 1.94. The summed E-state index contributed by atoms with van der Waals surface area (Å²) in [5.41, 5.74) is 6.04. The monoisotopic (exact) mass is 341 g/mol. The summed E-state index contributed by atoms with van der Waals surface area (Å²) in [6, 6.07) is 15.9. The van der Waals surface area contributed by atoms with E-state index in [4.69, 9.17) is 17.0 Å². The number of benzene rings is 2. The van der Waals surface area contributed by atoms with Crippen molar-refractivity contribution in [3.63, 3.8) is 0 Å². The maximum Gasteiger partial charge on any atom is 0.126 e. The zero-order valence-electron chi connectivity index (χ0n) is 14.3. The third kappa shape index (κ3) is 4.80. The summed E-state index contributed by atoms with van der Waals surface area (Å²) < 4.78 is 5.13. The number of hydrazone groups is 1. The van der Waals surface area contributed by atoms with E-state index >= 15 is 0 Å². The number of ether oxygens (including phenoxy) is 1. The van der Waals surface area contributed by atoms with E-state index in [0.717, 1.165) is 30.0 Å². The molecule has 0 bridgehead atoms. The largest absolute Gasteiger partial charge is 0.497 e. The fourth-order valence-corrected chi connectivity index (χ4v) is 2.52. The zero-order valence-corrected chi connectivity index (χ0v) is 15.1. The molecule has 2 aromatic rings. The van der Waals surface area contributed by atoms with Crippen molar-refractivity contribution in [1.29, 1.82) is 0 Å². The molecular formula is C19H23N3OS. The molecule has 0 aliphatic heterocycles. The molecule has 0 aliphatic rings. The maximum atomic E-state index is 5.33. The highest BCUT2D eigenvalue weighted by Gasteiger charge is 2.01. The molecule has 0 aromatic heterocycles. The van der Waals surface area contributed by atoms with Crippen LogP contribution in [0.5, 0.6) is 5.75 Å². The van der Waals surface area contributed by atoms with E-state index in [1.54, 1.807) is 13.3 Å². The van der Waals surface area contributed by atoms with Crippen molar-refractivity contribution < 1.29 is 4.74 Å². The van der Waals surface area contributed by atoms with Crippen LogP contribution in [0.4, 0.5) is 5.69 Å². The predicted molar refractivity (Wildman–Crippen MR) is 105 cm³/mol. The fourth-order valence-electron chi connectivity index (χ4n) is 2.33. The number of hydrogen-bond acceptors (Lipinski definition) is 4. The fraction of sp³-hybridized carbons (Fsp3) is 0.263. The van der Waals surface area contributed by atoms with Crippen LogP contribution in [-0.4, -0.2) is 31.4 Å². The highest BCUT2D eigenvalue weighted by atomic mass is 32.1. The molecule has 126 valence electrons. The highest BCUT2D eigenvalue weighted by molar-refractivity contribution is 7.80. The molecule has 24 heavy (non-hydrogen) atoms. The third-order valence-corrected chi connectivity index (χ3v) is 4.08. The minimum atomic E-state index is 0.577. The lowest BCUT2D eigenvalue weighted by molar-refractivity contribution is 0.415. The summed E-state index contributed by atoms with van der Waals surface area (Å²) in [6.07, 6.45) is 1.77. The number of methoxy groups -OCH3 is 1. The summed E-state index contributed by atoms with van der Waals surface area (Å²) >= 11 is 5.33. The van der Waals surface area contributed by atoms with Gasteiger partial charge in [0.05, 0.1) is 13.3 Å². The van der Waals surface area contributed by atoms with Gasteiger partial charge in [0.1, 0.15) is 10.7 Å². The second-order valence-electron chi connectivity index (χ2n) is 5.19. The molecular weight excluding hydrogens is 318 g/mol. The van der Waals surface area contributed by atoms with Gasteiger partial charge in [-0.25, -0.2) is 0 Å². The molecule has 1 N–H and O–H groups in total. The van der Waals surface area contributed by atoms with Crippen LogP contribution in [0.25, 0.3) is 0 Å². The standard InChI is InChI=1S/C19H23N3OS/c1-4-22(5-2)17-10-6-15(7-11-17)14-20-21-19(24)16-8-12-18(23-3)13-9-16/h6-14H,4-5H2,1-3H3,(H,21,24)/b20-14+. The molecule has 0 heterocycles. The normalized spacial score (nSPS) is 10.6. The molecule has 0 saturated carbocycles. The third-order valence-electron chi connectivity index (χ3n) is 3.75. The van der Waals surface area contributed by atoms with Gasteiger partial charge in [-0.3, -0.25) is 5.43 Å². The molecule has 0 fully saturated rings. The van der Waals surface area contributed by atoms with Crippen LogP contribution in [0.15, 0.2) is 53.6 Å². The van der Waals surface area contributed by atoms with E-state index in [1.807, 2.05) is 24.3 Å². The lowest BCUT2D eigenvalue weighted by Crippen LogP contribution is -2.21. The van der Waals surface area contributed by atoms with Gasteiger partial charge in [-0.1, -0.05) is 24.4 Å². The predicted octanol–water partition coefficient (Wildman–Crippen LogP) is 3.84. The van der Waals surface area contributed by atoms with Crippen LogP contribution in [0.2, 0.25) is 0 Å². The van der Waals surface area contributed by atoms with Crippen LogP contribution < -0.4 is 15.1 Å². The molecule has 0 spiro atoms. The SMILES string of the molecule is CCN(CC)c1ccc(/C=N/NC(=S)c2ccc(OC)cc2)cc1. The number of rotatable bonds is 7. The van der Waals surface area contributed by atoms with Crippen LogP contribution in [-0.2, 0) is 0 Å². The topological polar surface area (TPSA) is 36.9 Å². The number of hydrogen-bond donors (Lipinski definition) is 1. The lowest BCUT2D eigenvalue weighted by atomic mass is 10.2. The first-order valence-electron chi connectivity index (χ1n) is 8.00. The molecule has 0 saturated heterocycles. The molecule has 0 amide bonds. The molecule has 2 aromatic carbocycles. The van der Waals surface area contributed by atoms with Gasteiger partial charge >= 0.3 is 0 Å². The Morgan fingerprint density at radius 1 is 1.08 bits per heavy atom. The summed E-state index contributed by atoms with van der Waals surface area (Å²) in [6.45, 7) is 6.31. The van der Waals surface area contributed by atoms with Crippen molar-refractivity contribution in [3.8, 4) is 5.75 Å². The van der Waals surface area contributed by atoms with Gasteiger partial charge in [0.25, 0.3) is 0 Å². The number of nitrogens with zero attached hydrogens (tertiary/aromatic N) is 2. The summed E-state index contributed by atoms with van der Waals surface area (Å²) in [4.78, 5) is 2.88. The van der Waals surface area contributed by atoms with Gasteiger partial charge < -0.3 is 9.64 Å². The minimum Gasteiger partial charge on any atom is -0.497 e. The number of nitrogens with one attached hydrogen (secondary N) is 1. The van der Waals surface area contributed by atoms with E-state index in [1.165, 1.54) is 5.69 Å². The van der Waals surface area contributed by atoms with Crippen molar-refractivity contribution in [2.45, 2.75) is 13.8 Å². The summed E-state index contributed by atoms with van der Waals surface area (Å²) in [5.74, 6) is 0.804. The van der Waals surface area contributed by atoms with Gasteiger partial charge in [-0.2, -0.15) is 5.10 Å². The minimum absolute atomic E-state index is 0.577. The highest BCUT2D eigenvalue weighted by Crippen LogP contribution is 2.14. The van der Waals surface area contributed by atoms with E-state index in [9.17, 15) is 0 Å². The Morgan fingerprint density at radius 2 is 1.71 bits per heavy atom. The molecule has 0 unspecified atom stereocenters. The molecule has 0 aliphatic carbocycles. The molecule has 0 radical (unpaired) electrons. The Hall–Kier alpha value is -2.40. The number of thiocarbonyl (C=S) groups is 1. The Morgan fingerprint density at radius 3 is 2.25 bits per heavy atom. The average molecular weight is 341 g/mol.